The predicted molar refractivity (Wildman–Crippen MR) is 53.3 cm³/mol. The third-order valence-electron chi connectivity index (χ3n) is 2.22. The topological polar surface area (TPSA) is 15.6 Å². The summed E-state index contributed by atoms with van der Waals surface area (Å²) >= 11 is 0. The average molecular weight is 166 g/mol. The molecule has 1 rings (SSSR count). The van der Waals surface area contributed by atoms with Gasteiger partial charge in [-0.15, -0.1) is 0 Å². The Hall–Kier alpha value is -0.790. The van der Waals surface area contributed by atoms with Crippen molar-refractivity contribution in [2.24, 2.45) is 10.9 Å². The van der Waals surface area contributed by atoms with Gasteiger partial charge >= 0.3 is 0 Å². The minimum atomic E-state index is 0.615. The third kappa shape index (κ3) is 2.10. The summed E-state index contributed by atoms with van der Waals surface area (Å²) in [6, 6.07) is 0. The molecule has 0 aromatic heterocycles. The van der Waals surface area contributed by atoms with Gasteiger partial charge < -0.3 is 4.90 Å². The molecule has 0 radical (unpaired) electrons. The molecule has 2 nitrogen and oxygen atoms in total. The van der Waals surface area contributed by atoms with E-state index in [1.807, 2.05) is 6.21 Å². The van der Waals surface area contributed by atoms with Gasteiger partial charge in [0.2, 0.25) is 0 Å². The van der Waals surface area contributed by atoms with E-state index in [-0.39, 0.29) is 0 Å². The molecule has 1 aliphatic rings. The van der Waals surface area contributed by atoms with Crippen LogP contribution in [0.25, 0.3) is 0 Å². The standard InChI is InChI=1S/C10H18N2/c1-4-12(5-2)10-7-6-9(3)8-11-10/h7-9H,4-6H2,1-3H3. The Morgan fingerprint density at radius 1 is 1.50 bits per heavy atom. The van der Waals surface area contributed by atoms with Crippen LogP contribution in [-0.2, 0) is 0 Å². The summed E-state index contributed by atoms with van der Waals surface area (Å²) in [6.45, 7) is 8.62. The first-order valence-corrected chi connectivity index (χ1v) is 4.77. The Morgan fingerprint density at radius 2 is 2.17 bits per heavy atom. The average Bonchev–Trinajstić information content (AvgIpc) is 2.10. The summed E-state index contributed by atoms with van der Waals surface area (Å²) in [5.41, 5.74) is 0. The van der Waals surface area contributed by atoms with Crippen molar-refractivity contribution in [1.82, 2.24) is 4.90 Å². The zero-order valence-electron chi connectivity index (χ0n) is 8.25. The molecule has 2 heteroatoms. The van der Waals surface area contributed by atoms with Crippen molar-refractivity contribution in [3.05, 3.63) is 11.9 Å². The molecule has 68 valence electrons. The zero-order valence-corrected chi connectivity index (χ0v) is 8.25. The molecule has 0 fully saturated rings. The maximum Gasteiger partial charge on any atom is 0.124 e. The molecule has 0 N–H and O–H groups in total. The molecule has 1 aliphatic heterocycles. The second-order valence-corrected chi connectivity index (χ2v) is 3.23. The minimum Gasteiger partial charge on any atom is -0.357 e. The van der Waals surface area contributed by atoms with Crippen LogP contribution in [0.15, 0.2) is 16.9 Å². The highest BCUT2D eigenvalue weighted by atomic mass is 15.2. The van der Waals surface area contributed by atoms with Gasteiger partial charge in [-0.3, -0.25) is 0 Å². The number of allylic oxidation sites excluding steroid dienone is 1. The van der Waals surface area contributed by atoms with Crippen LogP contribution in [0.3, 0.4) is 0 Å². The van der Waals surface area contributed by atoms with Crippen LogP contribution >= 0.6 is 0 Å². The van der Waals surface area contributed by atoms with E-state index in [1.54, 1.807) is 0 Å². The van der Waals surface area contributed by atoms with Gasteiger partial charge in [0.15, 0.2) is 0 Å². The van der Waals surface area contributed by atoms with Crippen molar-refractivity contribution >= 4 is 6.21 Å². The summed E-state index contributed by atoms with van der Waals surface area (Å²) in [4.78, 5) is 6.69. The van der Waals surface area contributed by atoms with Gasteiger partial charge in [0.25, 0.3) is 0 Å². The molecular weight excluding hydrogens is 148 g/mol. The van der Waals surface area contributed by atoms with Crippen molar-refractivity contribution in [2.45, 2.75) is 27.2 Å². The van der Waals surface area contributed by atoms with E-state index >= 15 is 0 Å². The van der Waals surface area contributed by atoms with Crippen LogP contribution in [0.5, 0.6) is 0 Å². The van der Waals surface area contributed by atoms with Crippen molar-refractivity contribution in [2.75, 3.05) is 13.1 Å². The van der Waals surface area contributed by atoms with E-state index in [4.69, 9.17) is 0 Å². The van der Waals surface area contributed by atoms with Crippen LogP contribution < -0.4 is 0 Å². The molecule has 12 heavy (non-hydrogen) atoms. The minimum absolute atomic E-state index is 0.615. The largest absolute Gasteiger partial charge is 0.357 e. The molecule has 0 bridgehead atoms. The second kappa shape index (κ2) is 4.29. The summed E-state index contributed by atoms with van der Waals surface area (Å²) in [5.74, 6) is 1.77. The fourth-order valence-corrected chi connectivity index (χ4v) is 1.37. The lowest BCUT2D eigenvalue weighted by molar-refractivity contribution is 0.374. The van der Waals surface area contributed by atoms with E-state index < -0.39 is 0 Å². The van der Waals surface area contributed by atoms with Gasteiger partial charge in [-0.1, -0.05) is 6.92 Å². The molecule has 0 aromatic carbocycles. The molecule has 0 amide bonds. The zero-order chi connectivity index (χ0) is 8.97. The SMILES string of the molecule is CCN(CC)C1=CCC(C)C=N1. The molecule has 1 atom stereocenters. The smallest absolute Gasteiger partial charge is 0.124 e. The number of rotatable bonds is 3. The van der Waals surface area contributed by atoms with E-state index in [0.29, 0.717) is 5.92 Å². The molecule has 0 saturated carbocycles. The van der Waals surface area contributed by atoms with Crippen molar-refractivity contribution in [1.29, 1.82) is 0 Å². The van der Waals surface area contributed by atoms with Gasteiger partial charge in [0, 0.05) is 19.3 Å². The first-order chi connectivity index (χ1) is 5.77. The number of nitrogens with zero attached hydrogens (tertiary/aromatic N) is 2. The lowest BCUT2D eigenvalue weighted by Crippen LogP contribution is -2.23. The first-order valence-electron chi connectivity index (χ1n) is 4.77. The summed E-state index contributed by atoms with van der Waals surface area (Å²) in [6.07, 6.45) is 5.42. The van der Waals surface area contributed by atoms with Crippen LogP contribution in [0, 0.1) is 5.92 Å². The Bertz CT molecular complexity index is 190. The summed E-state index contributed by atoms with van der Waals surface area (Å²) in [7, 11) is 0. The van der Waals surface area contributed by atoms with Crippen LogP contribution in [-0.4, -0.2) is 24.2 Å². The maximum absolute atomic E-state index is 4.41. The highest BCUT2D eigenvalue weighted by Crippen LogP contribution is 2.14. The molecule has 0 spiro atoms. The van der Waals surface area contributed by atoms with Crippen molar-refractivity contribution in [3.63, 3.8) is 0 Å². The monoisotopic (exact) mass is 166 g/mol. The Labute approximate surface area is 75.0 Å². The van der Waals surface area contributed by atoms with Crippen LogP contribution in [0.4, 0.5) is 0 Å². The van der Waals surface area contributed by atoms with Gasteiger partial charge in [-0.05, 0) is 32.3 Å². The first kappa shape index (κ1) is 9.30. The Kier molecular flexibility index (Phi) is 3.32. The predicted octanol–water partition coefficient (Wildman–Crippen LogP) is 2.28. The number of hydrogen-bond acceptors (Lipinski definition) is 2. The normalized spacial score (nSPS) is 22.2. The maximum atomic E-state index is 4.41. The Morgan fingerprint density at radius 3 is 2.58 bits per heavy atom. The Balaban J connectivity index is 2.58. The lowest BCUT2D eigenvalue weighted by atomic mass is 10.1. The van der Waals surface area contributed by atoms with E-state index in [9.17, 15) is 0 Å². The molecule has 1 unspecified atom stereocenters. The molecular formula is C10H18N2. The summed E-state index contributed by atoms with van der Waals surface area (Å²) in [5, 5.41) is 0. The fourth-order valence-electron chi connectivity index (χ4n) is 1.37. The van der Waals surface area contributed by atoms with Crippen LogP contribution in [0.2, 0.25) is 0 Å². The van der Waals surface area contributed by atoms with E-state index in [1.165, 1.54) is 0 Å². The van der Waals surface area contributed by atoms with Gasteiger partial charge in [0.1, 0.15) is 5.82 Å². The van der Waals surface area contributed by atoms with Gasteiger partial charge in [-0.25, -0.2) is 4.99 Å². The van der Waals surface area contributed by atoms with Gasteiger partial charge in [-0.2, -0.15) is 0 Å². The quantitative estimate of drug-likeness (QED) is 0.628. The highest BCUT2D eigenvalue weighted by Gasteiger charge is 2.08. The van der Waals surface area contributed by atoms with Crippen molar-refractivity contribution < 1.29 is 0 Å². The number of hydrogen-bond donors (Lipinski definition) is 0. The molecule has 0 saturated heterocycles. The third-order valence-corrected chi connectivity index (χ3v) is 2.22. The van der Waals surface area contributed by atoms with Crippen molar-refractivity contribution in [3.8, 4) is 0 Å². The summed E-state index contributed by atoms with van der Waals surface area (Å²) < 4.78 is 0. The second-order valence-electron chi connectivity index (χ2n) is 3.23. The van der Waals surface area contributed by atoms with Crippen LogP contribution in [0.1, 0.15) is 27.2 Å². The van der Waals surface area contributed by atoms with Gasteiger partial charge in [0.05, 0.1) is 0 Å². The van der Waals surface area contributed by atoms with E-state index in [0.717, 1.165) is 25.3 Å². The number of aliphatic imine (C=N–C) groups is 1. The lowest BCUT2D eigenvalue weighted by Gasteiger charge is -2.23. The molecule has 0 aromatic rings. The highest BCUT2D eigenvalue weighted by molar-refractivity contribution is 5.63. The fraction of sp³-hybridized carbons (Fsp3) is 0.700. The molecule has 0 aliphatic carbocycles. The van der Waals surface area contributed by atoms with E-state index in [2.05, 4.69) is 36.7 Å². The molecule has 1 heterocycles.